The highest BCUT2D eigenvalue weighted by Crippen LogP contribution is 2.32. The molecule has 3 aromatic rings. The monoisotopic (exact) mass is 408 g/mol. The highest BCUT2D eigenvalue weighted by molar-refractivity contribution is 5.94. The maximum absolute atomic E-state index is 13.3. The predicted molar refractivity (Wildman–Crippen MR) is 120 cm³/mol. The highest BCUT2D eigenvalue weighted by atomic mass is 16.5. The van der Waals surface area contributed by atoms with Crippen molar-refractivity contribution in [2.75, 3.05) is 20.2 Å². The number of fused-ring (bicyclic) bond motifs is 1. The van der Waals surface area contributed by atoms with Gasteiger partial charge in [0.15, 0.2) is 5.65 Å². The Balaban J connectivity index is 2.24. The summed E-state index contributed by atoms with van der Waals surface area (Å²) >= 11 is 0. The third-order valence-electron chi connectivity index (χ3n) is 5.07. The molecule has 2 aromatic heterocycles. The summed E-state index contributed by atoms with van der Waals surface area (Å²) in [6.45, 7) is 12.0. The quantitative estimate of drug-likeness (QED) is 0.554. The first kappa shape index (κ1) is 21.8. The van der Waals surface area contributed by atoms with Crippen molar-refractivity contribution in [3.05, 3.63) is 47.8 Å². The number of nitrogens with zero attached hydrogens (tertiary/aromatic N) is 4. The number of carbonyl (C=O) groups excluding carboxylic acids is 1. The molecule has 0 saturated heterocycles. The van der Waals surface area contributed by atoms with Gasteiger partial charge in [-0.2, -0.15) is 5.10 Å². The summed E-state index contributed by atoms with van der Waals surface area (Å²) < 4.78 is 7.41. The van der Waals surface area contributed by atoms with Crippen LogP contribution in [0.15, 0.2) is 36.4 Å². The maximum Gasteiger partial charge on any atom is 0.272 e. The Hall–Kier alpha value is -2.89. The van der Waals surface area contributed by atoms with Crippen molar-refractivity contribution in [2.24, 2.45) is 0 Å². The van der Waals surface area contributed by atoms with Crippen LogP contribution >= 0.6 is 0 Å². The van der Waals surface area contributed by atoms with Crippen molar-refractivity contribution in [2.45, 2.75) is 52.9 Å². The van der Waals surface area contributed by atoms with E-state index in [2.05, 4.69) is 34.6 Å². The Morgan fingerprint density at radius 1 is 1.10 bits per heavy atom. The number of rotatable bonds is 7. The standard InChI is InChI=1S/C24H32N4O2/c1-7-13-27(14-8-2)23(29)18-15-19(17-11-9-10-12-20(17)30-6)28-22(25-18)16-21(26-28)24(3,4)5/h9-12,15-16H,7-8,13-14H2,1-6H3. The van der Waals surface area contributed by atoms with Gasteiger partial charge >= 0.3 is 0 Å². The zero-order chi connectivity index (χ0) is 21.9. The number of carbonyl (C=O) groups is 1. The van der Waals surface area contributed by atoms with Crippen molar-refractivity contribution in [1.82, 2.24) is 19.5 Å². The third kappa shape index (κ3) is 4.32. The number of hydrogen-bond acceptors (Lipinski definition) is 4. The lowest BCUT2D eigenvalue weighted by molar-refractivity contribution is 0.0750. The van der Waals surface area contributed by atoms with Crippen LogP contribution in [0.2, 0.25) is 0 Å². The van der Waals surface area contributed by atoms with E-state index < -0.39 is 0 Å². The molecule has 0 radical (unpaired) electrons. The van der Waals surface area contributed by atoms with Crippen molar-refractivity contribution < 1.29 is 9.53 Å². The molecule has 6 nitrogen and oxygen atoms in total. The summed E-state index contributed by atoms with van der Waals surface area (Å²) in [6.07, 6.45) is 1.82. The van der Waals surface area contributed by atoms with E-state index >= 15 is 0 Å². The Morgan fingerprint density at radius 2 is 1.77 bits per heavy atom. The van der Waals surface area contributed by atoms with Gasteiger partial charge in [0.2, 0.25) is 0 Å². The molecule has 0 aliphatic heterocycles. The number of amides is 1. The molecular weight excluding hydrogens is 376 g/mol. The van der Waals surface area contributed by atoms with Gasteiger partial charge in [-0.1, -0.05) is 46.8 Å². The molecule has 0 atom stereocenters. The zero-order valence-corrected chi connectivity index (χ0v) is 18.9. The lowest BCUT2D eigenvalue weighted by atomic mass is 9.93. The minimum absolute atomic E-state index is 0.0455. The summed E-state index contributed by atoms with van der Waals surface area (Å²) in [4.78, 5) is 19.9. The third-order valence-corrected chi connectivity index (χ3v) is 5.07. The van der Waals surface area contributed by atoms with Crippen LogP contribution in [0.25, 0.3) is 16.9 Å². The van der Waals surface area contributed by atoms with Gasteiger partial charge in [-0.05, 0) is 31.0 Å². The van der Waals surface area contributed by atoms with Crippen LogP contribution in [0.1, 0.15) is 63.6 Å². The van der Waals surface area contributed by atoms with Gasteiger partial charge in [-0.3, -0.25) is 4.79 Å². The van der Waals surface area contributed by atoms with Crippen molar-refractivity contribution in [1.29, 1.82) is 0 Å². The predicted octanol–water partition coefficient (Wildman–Crippen LogP) is 4.96. The van der Waals surface area contributed by atoms with Crippen LogP contribution in [-0.4, -0.2) is 45.6 Å². The first-order valence-corrected chi connectivity index (χ1v) is 10.6. The minimum atomic E-state index is -0.133. The first-order chi connectivity index (χ1) is 14.3. The van der Waals surface area contributed by atoms with Gasteiger partial charge < -0.3 is 9.64 Å². The summed E-state index contributed by atoms with van der Waals surface area (Å²) in [7, 11) is 1.65. The van der Waals surface area contributed by atoms with Gasteiger partial charge in [-0.25, -0.2) is 9.50 Å². The number of para-hydroxylation sites is 1. The van der Waals surface area contributed by atoms with Crippen molar-refractivity contribution in [3.8, 4) is 17.0 Å². The molecule has 1 amide bonds. The van der Waals surface area contributed by atoms with Crippen LogP contribution in [0.5, 0.6) is 5.75 Å². The second-order valence-electron chi connectivity index (χ2n) is 8.57. The normalized spacial score (nSPS) is 11.7. The van der Waals surface area contributed by atoms with Crippen LogP contribution in [0.4, 0.5) is 0 Å². The molecule has 0 aliphatic carbocycles. The van der Waals surface area contributed by atoms with E-state index in [1.54, 1.807) is 7.11 Å². The molecule has 0 aliphatic rings. The molecule has 0 saturated carbocycles. The summed E-state index contributed by atoms with van der Waals surface area (Å²) in [6, 6.07) is 11.6. The molecule has 1 aromatic carbocycles. The molecule has 6 heteroatoms. The number of methoxy groups -OCH3 is 1. The SMILES string of the molecule is CCCN(CCC)C(=O)c1cc(-c2ccccc2OC)n2nc(C(C)(C)C)cc2n1. The molecule has 0 unspecified atom stereocenters. The van der Waals surface area contributed by atoms with Crippen LogP contribution in [-0.2, 0) is 5.41 Å². The number of benzene rings is 1. The number of ether oxygens (including phenoxy) is 1. The summed E-state index contributed by atoms with van der Waals surface area (Å²) in [5, 5.41) is 4.83. The van der Waals surface area contributed by atoms with E-state index in [4.69, 9.17) is 14.8 Å². The van der Waals surface area contributed by atoms with E-state index in [1.165, 1.54) is 0 Å². The molecule has 30 heavy (non-hydrogen) atoms. The second-order valence-corrected chi connectivity index (χ2v) is 8.57. The summed E-state index contributed by atoms with van der Waals surface area (Å²) in [5.41, 5.74) is 3.57. The first-order valence-electron chi connectivity index (χ1n) is 10.6. The molecule has 0 bridgehead atoms. The summed E-state index contributed by atoms with van der Waals surface area (Å²) in [5.74, 6) is 0.686. The Kier molecular flexibility index (Phi) is 6.44. The van der Waals surface area contributed by atoms with Gasteiger partial charge in [0, 0.05) is 30.1 Å². The van der Waals surface area contributed by atoms with Gasteiger partial charge in [-0.15, -0.1) is 0 Å². The Morgan fingerprint density at radius 3 is 2.37 bits per heavy atom. The van der Waals surface area contributed by atoms with Gasteiger partial charge in [0.25, 0.3) is 5.91 Å². The lowest BCUT2D eigenvalue weighted by Gasteiger charge is -2.21. The zero-order valence-electron chi connectivity index (χ0n) is 18.9. The second kappa shape index (κ2) is 8.86. The molecule has 2 heterocycles. The van der Waals surface area contributed by atoms with E-state index in [0.29, 0.717) is 11.3 Å². The largest absolute Gasteiger partial charge is 0.496 e. The fourth-order valence-electron chi connectivity index (χ4n) is 3.52. The minimum Gasteiger partial charge on any atom is -0.496 e. The molecule has 0 N–H and O–H groups in total. The van der Waals surface area contributed by atoms with Gasteiger partial charge in [0.1, 0.15) is 11.4 Å². The smallest absolute Gasteiger partial charge is 0.272 e. The van der Waals surface area contributed by atoms with E-state index in [0.717, 1.165) is 48.6 Å². The van der Waals surface area contributed by atoms with E-state index in [1.807, 2.05) is 45.8 Å². The molecule has 0 spiro atoms. The number of aromatic nitrogens is 3. The maximum atomic E-state index is 13.3. The molecule has 3 rings (SSSR count). The van der Waals surface area contributed by atoms with Crippen molar-refractivity contribution >= 4 is 11.6 Å². The Bertz CT molecular complexity index is 1030. The topological polar surface area (TPSA) is 59.7 Å². The van der Waals surface area contributed by atoms with E-state index in [9.17, 15) is 4.79 Å². The number of hydrogen-bond donors (Lipinski definition) is 0. The van der Waals surface area contributed by atoms with Crippen molar-refractivity contribution in [3.63, 3.8) is 0 Å². The fourth-order valence-corrected chi connectivity index (χ4v) is 3.52. The fraction of sp³-hybridized carbons (Fsp3) is 0.458. The lowest BCUT2D eigenvalue weighted by Crippen LogP contribution is -2.33. The Labute approximate surface area is 178 Å². The van der Waals surface area contributed by atoms with Crippen LogP contribution in [0.3, 0.4) is 0 Å². The van der Waals surface area contributed by atoms with E-state index in [-0.39, 0.29) is 11.3 Å². The van der Waals surface area contributed by atoms with Crippen LogP contribution < -0.4 is 4.74 Å². The molecular formula is C24H32N4O2. The molecule has 160 valence electrons. The van der Waals surface area contributed by atoms with Crippen LogP contribution in [0, 0.1) is 0 Å². The van der Waals surface area contributed by atoms with Gasteiger partial charge in [0.05, 0.1) is 18.5 Å². The average molecular weight is 409 g/mol. The molecule has 0 fully saturated rings. The highest BCUT2D eigenvalue weighted by Gasteiger charge is 2.24. The average Bonchev–Trinajstić information content (AvgIpc) is 3.17.